The van der Waals surface area contributed by atoms with E-state index in [0.717, 1.165) is 5.13 Å². The lowest BCUT2D eigenvalue weighted by Crippen LogP contribution is -2.26. The highest BCUT2D eigenvalue weighted by Gasteiger charge is 2.11. The molecule has 0 fully saturated rings. The molecule has 0 aliphatic carbocycles. The van der Waals surface area contributed by atoms with Gasteiger partial charge in [-0.1, -0.05) is 29.9 Å². The molecule has 5 heteroatoms. The number of anilines is 1. The average molecular weight is 221 g/mol. The molecule has 0 saturated heterocycles. The van der Waals surface area contributed by atoms with E-state index >= 15 is 0 Å². The maximum Gasteiger partial charge on any atom is 0.184 e. The van der Waals surface area contributed by atoms with Crippen LogP contribution in [-0.4, -0.2) is 22.7 Å². The summed E-state index contributed by atoms with van der Waals surface area (Å²) in [5, 5.41) is 12.9. The summed E-state index contributed by atoms with van der Waals surface area (Å²) in [6.45, 7) is 4.16. The fraction of sp³-hybridized carbons (Fsp3) is 0.625. The first kappa shape index (κ1) is 10.8. The number of thiazole rings is 1. The maximum atomic E-state index is 8.91. The van der Waals surface area contributed by atoms with Crippen LogP contribution in [0.5, 0.6) is 0 Å². The van der Waals surface area contributed by atoms with Crippen molar-refractivity contribution in [2.24, 2.45) is 5.92 Å². The first-order chi connectivity index (χ1) is 6.13. The summed E-state index contributed by atoms with van der Waals surface area (Å²) >= 11 is 7.13. The molecule has 0 aromatic carbocycles. The molecule has 13 heavy (non-hydrogen) atoms. The van der Waals surface area contributed by atoms with Crippen LogP contribution in [0.4, 0.5) is 5.13 Å². The topological polar surface area (TPSA) is 45.1 Å². The summed E-state index contributed by atoms with van der Waals surface area (Å²) in [6, 6.07) is 0.201. The lowest BCUT2D eigenvalue weighted by atomic mass is 10.1. The van der Waals surface area contributed by atoms with Crippen LogP contribution >= 0.6 is 22.9 Å². The second-order valence-corrected chi connectivity index (χ2v) is 4.72. The molecular weight excluding hydrogens is 208 g/mol. The predicted octanol–water partition coefficient (Wildman–Crippen LogP) is 2.23. The third kappa shape index (κ3) is 3.14. The van der Waals surface area contributed by atoms with Gasteiger partial charge in [0.25, 0.3) is 0 Å². The van der Waals surface area contributed by atoms with Gasteiger partial charge >= 0.3 is 0 Å². The molecule has 0 aliphatic heterocycles. The van der Waals surface area contributed by atoms with Gasteiger partial charge in [0, 0.05) is 12.6 Å². The zero-order valence-electron chi connectivity index (χ0n) is 7.62. The van der Waals surface area contributed by atoms with Crippen LogP contribution in [0.15, 0.2) is 6.20 Å². The SMILES string of the molecule is CC(CO)C(C)Nc1ncc(Cl)s1. The van der Waals surface area contributed by atoms with Crippen LogP contribution < -0.4 is 5.32 Å². The average Bonchev–Trinajstić information content (AvgIpc) is 2.49. The van der Waals surface area contributed by atoms with Gasteiger partial charge < -0.3 is 10.4 Å². The van der Waals surface area contributed by atoms with E-state index in [2.05, 4.69) is 10.3 Å². The first-order valence-corrected chi connectivity index (χ1v) is 5.31. The van der Waals surface area contributed by atoms with E-state index in [1.165, 1.54) is 11.3 Å². The van der Waals surface area contributed by atoms with Gasteiger partial charge in [0.2, 0.25) is 0 Å². The van der Waals surface area contributed by atoms with Crippen LogP contribution in [0, 0.1) is 5.92 Å². The molecule has 2 N–H and O–H groups in total. The van der Waals surface area contributed by atoms with E-state index in [-0.39, 0.29) is 18.6 Å². The number of hydrogen-bond acceptors (Lipinski definition) is 4. The molecule has 3 nitrogen and oxygen atoms in total. The lowest BCUT2D eigenvalue weighted by molar-refractivity contribution is 0.226. The summed E-state index contributed by atoms with van der Waals surface area (Å²) in [6.07, 6.45) is 1.62. The van der Waals surface area contributed by atoms with Crippen molar-refractivity contribution in [2.45, 2.75) is 19.9 Å². The number of rotatable bonds is 4. The molecule has 0 spiro atoms. The van der Waals surface area contributed by atoms with E-state index in [4.69, 9.17) is 16.7 Å². The highest BCUT2D eigenvalue weighted by atomic mass is 35.5. The van der Waals surface area contributed by atoms with Crippen molar-refractivity contribution < 1.29 is 5.11 Å². The summed E-state index contributed by atoms with van der Waals surface area (Å²) in [7, 11) is 0. The number of nitrogens with one attached hydrogen (secondary N) is 1. The summed E-state index contributed by atoms with van der Waals surface area (Å²) < 4.78 is 0.673. The fourth-order valence-corrected chi connectivity index (χ4v) is 1.72. The van der Waals surface area contributed by atoms with Crippen LogP contribution in [-0.2, 0) is 0 Å². The predicted molar refractivity (Wildman–Crippen MR) is 56.5 cm³/mol. The standard InChI is InChI=1S/C8H13ClN2OS/c1-5(4-12)6(2)11-8-10-3-7(9)13-8/h3,5-6,12H,4H2,1-2H3,(H,10,11). The highest BCUT2D eigenvalue weighted by Crippen LogP contribution is 2.23. The fourth-order valence-electron chi connectivity index (χ4n) is 0.816. The van der Waals surface area contributed by atoms with E-state index in [1.54, 1.807) is 6.20 Å². The smallest absolute Gasteiger partial charge is 0.184 e. The largest absolute Gasteiger partial charge is 0.396 e. The molecule has 1 aromatic rings. The number of halogens is 1. The van der Waals surface area contributed by atoms with E-state index < -0.39 is 0 Å². The minimum atomic E-state index is 0.174. The van der Waals surface area contributed by atoms with Crippen LogP contribution in [0.2, 0.25) is 4.34 Å². The maximum absolute atomic E-state index is 8.91. The molecule has 0 aliphatic rings. The van der Waals surface area contributed by atoms with Gasteiger partial charge in [0.05, 0.1) is 6.20 Å². The van der Waals surface area contributed by atoms with Gasteiger partial charge in [-0.15, -0.1) is 0 Å². The third-order valence-corrected chi connectivity index (χ3v) is 3.02. The Morgan fingerprint density at radius 1 is 1.69 bits per heavy atom. The minimum Gasteiger partial charge on any atom is -0.396 e. The Labute approximate surface area is 86.8 Å². The van der Waals surface area contributed by atoms with Crippen molar-refractivity contribution in [1.82, 2.24) is 4.98 Å². The van der Waals surface area contributed by atoms with E-state index in [1.807, 2.05) is 13.8 Å². The Kier molecular flexibility index (Phi) is 3.96. The van der Waals surface area contributed by atoms with Gasteiger partial charge in [-0.3, -0.25) is 0 Å². The number of nitrogens with zero attached hydrogens (tertiary/aromatic N) is 1. The molecule has 1 heterocycles. The van der Waals surface area contributed by atoms with Gasteiger partial charge in [0.15, 0.2) is 5.13 Å². The Morgan fingerprint density at radius 2 is 2.38 bits per heavy atom. The van der Waals surface area contributed by atoms with Gasteiger partial charge in [-0.2, -0.15) is 0 Å². The van der Waals surface area contributed by atoms with E-state index in [9.17, 15) is 0 Å². The van der Waals surface area contributed by atoms with Crippen molar-refractivity contribution in [3.05, 3.63) is 10.5 Å². The van der Waals surface area contributed by atoms with Crippen LogP contribution in [0.25, 0.3) is 0 Å². The molecule has 74 valence electrons. The van der Waals surface area contributed by atoms with Crippen molar-refractivity contribution in [1.29, 1.82) is 0 Å². The number of aliphatic hydroxyl groups is 1. The van der Waals surface area contributed by atoms with Gasteiger partial charge in [-0.25, -0.2) is 4.98 Å². The molecule has 2 atom stereocenters. The number of aromatic nitrogens is 1. The normalized spacial score (nSPS) is 15.4. The molecule has 0 bridgehead atoms. The van der Waals surface area contributed by atoms with Gasteiger partial charge in [0.1, 0.15) is 4.34 Å². The Bertz CT molecular complexity index is 266. The summed E-state index contributed by atoms with van der Waals surface area (Å²) in [4.78, 5) is 4.07. The monoisotopic (exact) mass is 220 g/mol. The molecule has 1 aromatic heterocycles. The Hall–Kier alpha value is -0.320. The molecule has 0 amide bonds. The number of hydrogen-bond donors (Lipinski definition) is 2. The second-order valence-electron chi connectivity index (χ2n) is 3.06. The van der Waals surface area contributed by atoms with E-state index in [0.29, 0.717) is 4.34 Å². The Morgan fingerprint density at radius 3 is 2.85 bits per heavy atom. The molecule has 1 rings (SSSR count). The molecule has 0 radical (unpaired) electrons. The van der Waals surface area contributed by atoms with Crippen molar-refractivity contribution in [2.75, 3.05) is 11.9 Å². The summed E-state index contributed by atoms with van der Waals surface area (Å²) in [5.41, 5.74) is 0. The molecule has 0 saturated carbocycles. The first-order valence-electron chi connectivity index (χ1n) is 4.12. The Balaban J connectivity index is 2.49. The molecule has 2 unspecified atom stereocenters. The van der Waals surface area contributed by atoms with Gasteiger partial charge in [-0.05, 0) is 12.8 Å². The zero-order chi connectivity index (χ0) is 9.84. The lowest BCUT2D eigenvalue weighted by Gasteiger charge is -2.18. The zero-order valence-corrected chi connectivity index (χ0v) is 9.19. The summed E-state index contributed by atoms with van der Waals surface area (Å²) in [5.74, 6) is 0.211. The van der Waals surface area contributed by atoms with Crippen molar-refractivity contribution in [3.8, 4) is 0 Å². The molecular formula is C8H13ClN2OS. The quantitative estimate of drug-likeness (QED) is 0.818. The van der Waals surface area contributed by atoms with Crippen molar-refractivity contribution >= 4 is 28.1 Å². The highest BCUT2D eigenvalue weighted by molar-refractivity contribution is 7.19. The third-order valence-electron chi connectivity index (χ3n) is 1.97. The van der Waals surface area contributed by atoms with Crippen LogP contribution in [0.3, 0.4) is 0 Å². The number of aliphatic hydroxyl groups excluding tert-OH is 1. The second kappa shape index (κ2) is 4.79. The van der Waals surface area contributed by atoms with Crippen molar-refractivity contribution in [3.63, 3.8) is 0 Å². The van der Waals surface area contributed by atoms with Crippen LogP contribution in [0.1, 0.15) is 13.8 Å². The minimum absolute atomic E-state index is 0.174.